The Balaban J connectivity index is 1.14. The second-order valence-electron chi connectivity index (χ2n) is 12.2. The van der Waals surface area contributed by atoms with Crippen LogP contribution in [0.3, 0.4) is 0 Å². The Labute approximate surface area is 240 Å². The Morgan fingerprint density at radius 3 is 2.63 bits per heavy atom. The number of nitrogens with one attached hydrogen (secondary N) is 1. The van der Waals surface area contributed by atoms with Gasteiger partial charge >= 0.3 is 13.2 Å². The molecule has 2 N–H and O–H groups in total. The molecule has 3 aliphatic heterocycles. The predicted octanol–water partition coefficient (Wildman–Crippen LogP) is 4.16. The first-order valence-electron chi connectivity index (χ1n) is 14.2. The summed E-state index contributed by atoms with van der Waals surface area (Å²) in [5.74, 6) is 0.892. The van der Waals surface area contributed by atoms with E-state index in [1.807, 2.05) is 80.3 Å². The lowest BCUT2D eigenvalue weighted by atomic mass is 9.74. The molecule has 0 saturated carbocycles. The molecule has 1 saturated heterocycles. The van der Waals surface area contributed by atoms with Gasteiger partial charge in [0.1, 0.15) is 11.4 Å². The number of benzene rings is 3. The zero-order chi connectivity index (χ0) is 28.8. The molecule has 3 aromatic carbocycles. The van der Waals surface area contributed by atoms with E-state index in [-0.39, 0.29) is 11.3 Å². The number of rotatable bonds is 4. The monoisotopic (exact) mass is 554 g/mol. The zero-order valence-electron chi connectivity index (χ0n) is 23.7. The summed E-state index contributed by atoms with van der Waals surface area (Å²) in [6.45, 7) is 8.10. The van der Waals surface area contributed by atoms with Crippen molar-refractivity contribution < 1.29 is 28.7 Å². The number of nitrogens with zero attached hydrogens (tertiary/aromatic N) is 1. The number of hydrogen-bond donors (Lipinski definition) is 2. The normalized spacial score (nSPS) is 17.2. The molecule has 0 aliphatic carbocycles. The van der Waals surface area contributed by atoms with E-state index in [1.54, 1.807) is 0 Å². The van der Waals surface area contributed by atoms with Crippen LogP contribution in [-0.4, -0.2) is 54.3 Å². The van der Waals surface area contributed by atoms with Gasteiger partial charge in [0.05, 0.1) is 13.2 Å². The number of hydrogen-bond acceptors (Lipinski definition) is 6. The lowest BCUT2D eigenvalue weighted by Gasteiger charge is -2.38. The topological polar surface area (TPSA) is 97.3 Å². The van der Waals surface area contributed by atoms with Gasteiger partial charge in [-0.2, -0.15) is 0 Å². The molecule has 2 amide bonds. The van der Waals surface area contributed by atoms with Crippen molar-refractivity contribution in [3.05, 3.63) is 82.9 Å². The molecule has 3 heterocycles. The van der Waals surface area contributed by atoms with Crippen LogP contribution in [0.1, 0.15) is 60.7 Å². The molecule has 1 fully saturated rings. The molecule has 0 aromatic heterocycles. The van der Waals surface area contributed by atoms with Gasteiger partial charge < -0.3 is 29.4 Å². The molecule has 9 heteroatoms. The van der Waals surface area contributed by atoms with Crippen molar-refractivity contribution in [1.29, 1.82) is 0 Å². The van der Waals surface area contributed by atoms with E-state index in [9.17, 15) is 14.6 Å². The van der Waals surface area contributed by atoms with Crippen LogP contribution in [0.2, 0.25) is 0 Å². The summed E-state index contributed by atoms with van der Waals surface area (Å²) in [5.41, 5.74) is 5.74. The second kappa shape index (κ2) is 10.5. The van der Waals surface area contributed by atoms with Gasteiger partial charge in [-0.1, -0.05) is 36.4 Å². The second-order valence-corrected chi connectivity index (χ2v) is 12.2. The SMILES string of the molecule is CC(C)(C)OC(=O)NCc1ccc2c(c1)C1(CCN(C(=O)c3cccc(-c4cccc5c4COB5O)c3)CC1)CO2. The number of carbonyl (C=O) groups excluding carboxylic acids is 2. The van der Waals surface area contributed by atoms with Crippen molar-refractivity contribution in [3.8, 4) is 16.9 Å². The minimum absolute atomic E-state index is 0.0139. The van der Waals surface area contributed by atoms with Crippen LogP contribution in [-0.2, 0) is 28.0 Å². The van der Waals surface area contributed by atoms with Crippen LogP contribution in [0, 0.1) is 0 Å². The number of piperidine rings is 1. The van der Waals surface area contributed by atoms with Gasteiger partial charge in [0.25, 0.3) is 5.91 Å². The van der Waals surface area contributed by atoms with E-state index in [4.69, 9.17) is 14.1 Å². The first-order valence-corrected chi connectivity index (χ1v) is 14.2. The molecule has 1 spiro atoms. The number of carbonyl (C=O) groups is 2. The molecular weight excluding hydrogens is 519 g/mol. The number of amides is 2. The highest BCUT2D eigenvalue weighted by molar-refractivity contribution is 6.61. The molecule has 3 aliphatic rings. The maximum absolute atomic E-state index is 13.6. The Hall–Kier alpha value is -3.82. The van der Waals surface area contributed by atoms with Crippen molar-refractivity contribution in [2.45, 2.75) is 57.8 Å². The molecule has 0 unspecified atom stereocenters. The van der Waals surface area contributed by atoms with E-state index < -0.39 is 18.8 Å². The Morgan fingerprint density at radius 2 is 1.85 bits per heavy atom. The molecule has 3 aromatic rings. The summed E-state index contributed by atoms with van der Waals surface area (Å²) in [7, 11) is -0.905. The fourth-order valence-corrected chi connectivity index (χ4v) is 6.08. The van der Waals surface area contributed by atoms with Gasteiger partial charge in [0, 0.05) is 36.2 Å². The van der Waals surface area contributed by atoms with E-state index in [0.29, 0.717) is 38.4 Å². The summed E-state index contributed by atoms with van der Waals surface area (Å²) in [6.07, 6.45) is 1.16. The van der Waals surface area contributed by atoms with E-state index in [1.165, 1.54) is 0 Å². The van der Waals surface area contributed by atoms with E-state index in [2.05, 4.69) is 11.4 Å². The van der Waals surface area contributed by atoms with Crippen LogP contribution in [0.15, 0.2) is 60.7 Å². The van der Waals surface area contributed by atoms with Gasteiger partial charge in [0.2, 0.25) is 0 Å². The summed E-state index contributed by atoms with van der Waals surface area (Å²) >= 11 is 0. The van der Waals surface area contributed by atoms with E-state index >= 15 is 0 Å². The first kappa shape index (κ1) is 27.4. The Kier molecular flexibility index (Phi) is 7.04. The molecule has 0 bridgehead atoms. The fourth-order valence-electron chi connectivity index (χ4n) is 6.08. The van der Waals surface area contributed by atoms with Crippen LogP contribution in [0.5, 0.6) is 5.75 Å². The van der Waals surface area contributed by atoms with Crippen molar-refractivity contribution in [2.75, 3.05) is 19.7 Å². The van der Waals surface area contributed by atoms with Gasteiger partial charge in [-0.3, -0.25) is 4.79 Å². The fraction of sp³-hybridized carbons (Fsp3) is 0.375. The highest BCUT2D eigenvalue weighted by atomic mass is 16.6. The summed E-state index contributed by atoms with van der Waals surface area (Å²) in [6, 6.07) is 19.6. The quantitative estimate of drug-likeness (QED) is 0.471. The maximum atomic E-state index is 13.6. The lowest BCUT2D eigenvalue weighted by molar-refractivity contribution is 0.0523. The minimum atomic E-state index is -0.905. The highest BCUT2D eigenvalue weighted by Gasteiger charge is 2.44. The zero-order valence-corrected chi connectivity index (χ0v) is 23.7. The van der Waals surface area contributed by atoms with Crippen LogP contribution < -0.4 is 15.5 Å². The van der Waals surface area contributed by atoms with Crippen molar-refractivity contribution in [2.24, 2.45) is 0 Å². The largest absolute Gasteiger partial charge is 0.492 e. The van der Waals surface area contributed by atoms with Crippen molar-refractivity contribution in [1.82, 2.24) is 10.2 Å². The van der Waals surface area contributed by atoms with Crippen LogP contribution in [0.4, 0.5) is 4.79 Å². The molecule has 0 radical (unpaired) electrons. The Morgan fingerprint density at radius 1 is 1.07 bits per heavy atom. The molecule has 8 nitrogen and oxygen atoms in total. The number of ether oxygens (including phenoxy) is 2. The third-order valence-corrected chi connectivity index (χ3v) is 8.25. The van der Waals surface area contributed by atoms with Crippen molar-refractivity contribution >= 4 is 24.6 Å². The standard InChI is InChI=1S/C32H35BN2O6/c1-31(2,3)41-30(37)34-18-21-10-11-28-26(16-21)32(20-39-28)12-14-35(15-13-32)29(36)23-7-4-6-22(17-23)24-8-5-9-27-25(24)19-40-33(27)38/h4-11,16-17,38H,12-15,18-20H2,1-3H3,(H,34,37). The lowest BCUT2D eigenvalue weighted by Crippen LogP contribution is -2.46. The predicted molar refractivity (Wildman–Crippen MR) is 156 cm³/mol. The summed E-state index contributed by atoms with van der Waals surface area (Å²) in [4.78, 5) is 27.7. The molecule has 6 rings (SSSR count). The summed E-state index contributed by atoms with van der Waals surface area (Å²) in [5, 5.41) is 12.9. The minimum Gasteiger partial charge on any atom is -0.492 e. The van der Waals surface area contributed by atoms with Gasteiger partial charge in [-0.05, 0) is 85.6 Å². The number of likely N-dealkylation sites (tertiary alicyclic amines) is 1. The van der Waals surface area contributed by atoms with Gasteiger partial charge in [-0.15, -0.1) is 0 Å². The number of alkyl carbamates (subject to hydrolysis) is 1. The smallest absolute Gasteiger partial charge is 0.491 e. The summed E-state index contributed by atoms with van der Waals surface area (Å²) < 4.78 is 16.9. The van der Waals surface area contributed by atoms with Crippen LogP contribution in [0.25, 0.3) is 11.1 Å². The van der Waals surface area contributed by atoms with Crippen LogP contribution >= 0.6 is 0 Å². The first-order chi connectivity index (χ1) is 19.6. The Bertz CT molecular complexity index is 1490. The van der Waals surface area contributed by atoms with E-state index in [0.717, 1.165) is 51.9 Å². The maximum Gasteiger partial charge on any atom is 0.491 e. The molecule has 212 valence electrons. The highest BCUT2D eigenvalue weighted by Crippen LogP contribution is 2.46. The average molecular weight is 554 g/mol. The third kappa shape index (κ3) is 5.44. The molecule has 41 heavy (non-hydrogen) atoms. The molecular formula is C32H35BN2O6. The third-order valence-electron chi connectivity index (χ3n) is 8.25. The van der Waals surface area contributed by atoms with Crippen molar-refractivity contribution in [3.63, 3.8) is 0 Å². The number of fused-ring (bicyclic) bond motifs is 3. The van der Waals surface area contributed by atoms with Gasteiger partial charge in [-0.25, -0.2) is 4.79 Å². The van der Waals surface area contributed by atoms with Gasteiger partial charge in [0.15, 0.2) is 0 Å². The average Bonchev–Trinajstić information content (AvgIpc) is 3.51. The molecule has 0 atom stereocenters.